The van der Waals surface area contributed by atoms with Crippen molar-refractivity contribution in [1.82, 2.24) is 4.98 Å². The highest BCUT2D eigenvalue weighted by Crippen LogP contribution is 2.35. The normalized spacial score (nSPS) is 12.8. The molecule has 0 saturated carbocycles. The SMILES string of the molecule is Cc1cc(C(O)c2cccc3cccnc23)sc1Br. The van der Waals surface area contributed by atoms with Crippen molar-refractivity contribution in [3.05, 3.63) is 62.4 Å². The molecule has 2 aromatic heterocycles. The van der Waals surface area contributed by atoms with Gasteiger partial charge in [-0.05, 0) is 40.5 Å². The third-order valence-corrected chi connectivity index (χ3v) is 5.29. The molecule has 1 N–H and O–H groups in total. The molecule has 0 aliphatic heterocycles. The van der Waals surface area contributed by atoms with Crippen LogP contribution in [0.1, 0.15) is 22.1 Å². The maximum atomic E-state index is 10.6. The Balaban J connectivity index is 2.13. The third kappa shape index (κ3) is 2.31. The van der Waals surface area contributed by atoms with E-state index in [0.29, 0.717) is 0 Å². The highest BCUT2D eigenvalue weighted by molar-refractivity contribution is 9.11. The predicted molar refractivity (Wildman–Crippen MR) is 82.6 cm³/mol. The van der Waals surface area contributed by atoms with E-state index in [9.17, 15) is 5.11 Å². The van der Waals surface area contributed by atoms with Gasteiger partial charge in [0.2, 0.25) is 0 Å². The van der Waals surface area contributed by atoms with Crippen LogP contribution in [0.3, 0.4) is 0 Å². The van der Waals surface area contributed by atoms with Gasteiger partial charge in [0.15, 0.2) is 0 Å². The first-order valence-corrected chi connectivity index (χ1v) is 7.55. The van der Waals surface area contributed by atoms with Gasteiger partial charge in [-0.15, -0.1) is 11.3 Å². The van der Waals surface area contributed by atoms with E-state index >= 15 is 0 Å². The monoisotopic (exact) mass is 333 g/mol. The number of nitrogens with zero attached hydrogens (tertiary/aromatic N) is 1. The number of fused-ring (bicyclic) bond motifs is 1. The average molecular weight is 334 g/mol. The van der Waals surface area contributed by atoms with Crippen LogP contribution in [-0.2, 0) is 0 Å². The van der Waals surface area contributed by atoms with Crippen LogP contribution in [0.25, 0.3) is 10.9 Å². The highest BCUT2D eigenvalue weighted by Gasteiger charge is 2.17. The molecule has 0 bridgehead atoms. The minimum Gasteiger partial charge on any atom is -0.383 e. The summed E-state index contributed by atoms with van der Waals surface area (Å²) in [7, 11) is 0. The van der Waals surface area contributed by atoms with E-state index in [4.69, 9.17) is 0 Å². The Hall–Kier alpha value is -1.23. The molecule has 0 radical (unpaired) electrons. The molecule has 0 saturated heterocycles. The molecular weight excluding hydrogens is 322 g/mol. The molecule has 0 amide bonds. The number of benzene rings is 1. The summed E-state index contributed by atoms with van der Waals surface area (Å²) in [5.74, 6) is 0. The lowest BCUT2D eigenvalue weighted by Gasteiger charge is -2.11. The van der Waals surface area contributed by atoms with E-state index in [-0.39, 0.29) is 0 Å². The number of hydrogen-bond acceptors (Lipinski definition) is 3. The first-order valence-electron chi connectivity index (χ1n) is 5.94. The van der Waals surface area contributed by atoms with Crippen molar-refractivity contribution in [1.29, 1.82) is 0 Å². The molecule has 3 rings (SSSR count). The fraction of sp³-hybridized carbons (Fsp3) is 0.133. The molecule has 0 aliphatic carbocycles. The number of thiophene rings is 1. The first kappa shape index (κ1) is 12.8. The van der Waals surface area contributed by atoms with Gasteiger partial charge in [0.25, 0.3) is 0 Å². The van der Waals surface area contributed by atoms with E-state index in [1.54, 1.807) is 17.5 Å². The number of halogens is 1. The zero-order chi connectivity index (χ0) is 13.4. The number of aliphatic hydroxyl groups is 1. The van der Waals surface area contributed by atoms with Crippen LogP contribution < -0.4 is 0 Å². The van der Waals surface area contributed by atoms with Gasteiger partial charge < -0.3 is 5.11 Å². The van der Waals surface area contributed by atoms with Crippen LogP contribution in [0.15, 0.2) is 46.4 Å². The Morgan fingerprint density at radius 1 is 1.26 bits per heavy atom. The molecule has 4 heteroatoms. The fourth-order valence-corrected chi connectivity index (χ4v) is 3.70. The zero-order valence-corrected chi connectivity index (χ0v) is 12.7. The number of pyridine rings is 1. The van der Waals surface area contributed by atoms with Crippen molar-refractivity contribution < 1.29 is 5.11 Å². The summed E-state index contributed by atoms with van der Waals surface area (Å²) in [5.41, 5.74) is 2.86. The molecule has 1 aromatic carbocycles. The van der Waals surface area contributed by atoms with Gasteiger partial charge in [-0.2, -0.15) is 0 Å². The largest absolute Gasteiger partial charge is 0.383 e. The van der Waals surface area contributed by atoms with Gasteiger partial charge in [0, 0.05) is 22.0 Å². The van der Waals surface area contributed by atoms with Gasteiger partial charge in [-0.3, -0.25) is 4.98 Å². The lowest BCUT2D eigenvalue weighted by Crippen LogP contribution is -1.99. The van der Waals surface area contributed by atoms with Gasteiger partial charge >= 0.3 is 0 Å². The second kappa shape index (κ2) is 5.04. The predicted octanol–water partition coefficient (Wildman–Crippen LogP) is 4.45. The summed E-state index contributed by atoms with van der Waals surface area (Å²) >= 11 is 5.06. The van der Waals surface area contributed by atoms with Crippen molar-refractivity contribution in [3.8, 4) is 0 Å². The first-order chi connectivity index (χ1) is 9.16. The number of hydrogen-bond donors (Lipinski definition) is 1. The molecule has 3 aromatic rings. The zero-order valence-electron chi connectivity index (χ0n) is 10.3. The van der Waals surface area contributed by atoms with E-state index in [2.05, 4.69) is 20.9 Å². The molecule has 2 nitrogen and oxygen atoms in total. The maximum Gasteiger partial charge on any atom is 0.115 e. The topological polar surface area (TPSA) is 33.1 Å². The number of aryl methyl sites for hydroxylation is 1. The van der Waals surface area contributed by atoms with Crippen LogP contribution in [0.2, 0.25) is 0 Å². The van der Waals surface area contributed by atoms with E-state index in [1.807, 2.05) is 43.3 Å². The van der Waals surface area contributed by atoms with Crippen LogP contribution in [0.5, 0.6) is 0 Å². The number of rotatable bonds is 2. The van der Waals surface area contributed by atoms with E-state index in [0.717, 1.165) is 30.7 Å². The summed E-state index contributed by atoms with van der Waals surface area (Å²) in [4.78, 5) is 5.32. The van der Waals surface area contributed by atoms with Crippen molar-refractivity contribution in [2.24, 2.45) is 0 Å². The van der Waals surface area contributed by atoms with Crippen LogP contribution >= 0.6 is 27.3 Å². The molecule has 96 valence electrons. The average Bonchev–Trinajstić information content (AvgIpc) is 2.77. The van der Waals surface area contributed by atoms with Crippen molar-refractivity contribution >= 4 is 38.2 Å². The van der Waals surface area contributed by atoms with Gasteiger partial charge in [-0.25, -0.2) is 0 Å². The third-order valence-electron chi connectivity index (χ3n) is 3.10. The quantitative estimate of drug-likeness (QED) is 0.751. The Bertz CT molecular complexity index is 713. The summed E-state index contributed by atoms with van der Waals surface area (Å²) in [6, 6.07) is 11.8. The van der Waals surface area contributed by atoms with Crippen LogP contribution in [-0.4, -0.2) is 10.1 Å². The van der Waals surface area contributed by atoms with Crippen LogP contribution in [0.4, 0.5) is 0 Å². The molecule has 0 fully saturated rings. The van der Waals surface area contributed by atoms with Crippen molar-refractivity contribution in [3.63, 3.8) is 0 Å². The highest BCUT2D eigenvalue weighted by atomic mass is 79.9. The second-order valence-corrected chi connectivity index (χ2v) is 6.83. The summed E-state index contributed by atoms with van der Waals surface area (Å²) in [6.45, 7) is 2.03. The molecule has 2 heterocycles. The van der Waals surface area contributed by atoms with Crippen molar-refractivity contribution in [2.45, 2.75) is 13.0 Å². The minimum absolute atomic E-state index is 0.631. The minimum atomic E-state index is -0.631. The van der Waals surface area contributed by atoms with Gasteiger partial charge in [0.05, 0.1) is 9.30 Å². The standard InChI is InChI=1S/C15H12BrNOS/c1-9-8-12(19-15(9)16)14(18)11-6-2-4-10-5-3-7-17-13(10)11/h2-8,14,18H,1H3. The molecular formula is C15H12BrNOS. The van der Waals surface area contributed by atoms with Gasteiger partial charge in [-0.1, -0.05) is 24.3 Å². The summed E-state index contributed by atoms with van der Waals surface area (Å²) in [6.07, 6.45) is 1.13. The Morgan fingerprint density at radius 2 is 2.05 bits per heavy atom. The maximum absolute atomic E-state index is 10.6. The smallest absolute Gasteiger partial charge is 0.115 e. The Morgan fingerprint density at radius 3 is 2.79 bits per heavy atom. The second-order valence-electron chi connectivity index (χ2n) is 4.43. The van der Waals surface area contributed by atoms with E-state index < -0.39 is 6.10 Å². The lowest BCUT2D eigenvalue weighted by atomic mass is 10.0. The molecule has 1 unspecified atom stereocenters. The lowest BCUT2D eigenvalue weighted by molar-refractivity contribution is 0.225. The van der Waals surface area contributed by atoms with Crippen LogP contribution in [0, 0.1) is 6.92 Å². The summed E-state index contributed by atoms with van der Waals surface area (Å²) in [5, 5.41) is 11.6. The Labute approximate surface area is 123 Å². The fourth-order valence-electron chi connectivity index (χ4n) is 2.12. The Kier molecular flexibility index (Phi) is 3.39. The molecule has 19 heavy (non-hydrogen) atoms. The molecule has 0 spiro atoms. The summed E-state index contributed by atoms with van der Waals surface area (Å²) < 4.78 is 1.06. The number of aromatic nitrogens is 1. The molecule has 0 aliphatic rings. The molecule has 1 atom stereocenters. The van der Waals surface area contributed by atoms with E-state index in [1.165, 1.54) is 0 Å². The number of para-hydroxylation sites is 1. The van der Waals surface area contributed by atoms with Gasteiger partial charge in [0.1, 0.15) is 6.10 Å². The number of aliphatic hydroxyl groups excluding tert-OH is 1. The van der Waals surface area contributed by atoms with Crippen molar-refractivity contribution in [2.75, 3.05) is 0 Å².